The maximum absolute atomic E-state index is 13.3. The SMILES string of the molecule is CNC(=O)Cc1noc(C2=Cc3ccccc3OC2C(F)F)n1. The van der Waals surface area contributed by atoms with Gasteiger partial charge in [0, 0.05) is 12.6 Å². The third-order valence-electron chi connectivity index (χ3n) is 3.33. The lowest BCUT2D eigenvalue weighted by Crippen LogP contribution is -2.29. The van der Waals surface area contributed by atoms with E-state index in [0.717, 1.165) is 0 Å². The maximum Gasteiger partial charge on any atom is 0.279 e. The highest BCUT2D eigenvalue weighted by atomic mass is 19.3. The fraction of sp³-hybridized carbons (Fsp3) is 0.267. The molecule has 1 aromatic carbocycles. The summed E-state index contributed by atoms with van der Waals surface area (Å²) in [6.07, 6.45) is -2.82. The van der Waals surface area contributed by atoms with Crippen molar-refractivity contribution in [1.29, 1.82) is 0 Å². The lowest BCUT2D eigenvalue weighted by Gasteiger charge is -2.24. The molecule has 0 spiro atoms. The Balaban J connectivity index is 1.96. The number of fused-ring (bicyclic) bond motifs is 1. The smallest absolute Gasteiger partial charge is 0.279 e. The number of carbonyl (C=O) groups is 1. The summed E-state index contributed by atoms with van der Waals surface area (Å²) in [4.78, 5) is 15.3. The molecule has 0 saturated heterocycles. The third-order valence-corrected chi connectivity index (χ3v) is 3.33. The van der Waals surface area contributed by atoms with Gasteiger partial charge in [0.15, 0.2) is 11.9 Å². The molecule has 1 aromatic heterocycles. The summed E-state index contributed by atoms with van der Waals surface area (Å²) in [5.74, 6) is 0.101. The molecule has 0 aliphatic carbocycles. The van der Waals surface area contributed by atoms with Gasteiger partial charge in [-0.1, -0.05) is 23.4 Å². The van der Waals surface area contributed by atoms with Crippen LogP contribution in [0, 0.1) is 0 Å². The first-order chi connectivity index (χ1) is 11.1. The summed E-state index contributed by atoms with van der Waals surface area (Å²) in [6, 6.07) is 6.82. The van der Waals surface area contributed by atoms with Crippen molar-refractivity contribution in [1.82, 2.24) is 15.5 Å². The first-order valence-corrected chi connectivity index (χ1v) is 6.87. The van der Waals surface area contributed by atoms with Crippen molar-refractivity contribution in [2.45, 2.75) is 19.0 Å². The second-order valence-electron chi connectivity index (χ2n) is 4.88. The van der Waals surface area contributed by atoms with Crippen LogP contribution in [-0.2, 0) is 11.2 Å². The first kappa shape index (κ1) is 15.1. The van der Waals surface area contributed by atoms with E-state index in [9.17, 15) is 13.6 Å². The number of amides is 1. The maximum atomic E-state index is 13.3. The molecular formula is C15H13F2N3O3. The number of rotatable bonds is 4. The second kappa shape index (κ2) is 6.15. The zero-order chi connectivity index (χ0) is 16.4. The number of carbonyl (C=O) groups excluding carboxylic acids is 1. The van der Waals surface area contributed by atoms with Crippen LogP contribution in [0.25, 0.3) is 11.6 Å². The lowest BCUT2D eigenvalue weighted by molar-refractivity contribution is -0.120. The molecule has 23 heavy (non-hydrogen) atoms. The molecule has 2 heterocycles. The van der Waals surface area contributed by atoms with Gasteiger partial charge in [-0.05, 0) is 12.1 Å². The fourth-order valence-electron chi connectivity index (χ4n) is 2.20. The predicted molar refractivity (Wildman–Crippen MR) is 76.8 cm³/mol. The van der Waals surface area contributed by atoms with Crippen LogP contribution in [-0.4, -0.2) is 35.6 Å². The first-order valence-electron chi connectivity index (χ1n) is 6.87. The quantitative estimate of drug-likeness (QED) is 0.931. The number of benzene rings is 1. The minimum Gasteiger partial charge on any atom is -0.479 e. The van der Waals surface area contributed by atoms with Crippen molar-refractivity contribution in [3.05, 3.63) is 41.5 Å². The van der Waals surface area contributed by atoms with E-state index in [1.165, 1.54) is 13.1 Å². The van der Waals surface area contributed by atoms with Crippen LogP contribution in [0.2, 0.25) is 0 Å². The van der Waals surface area contributed by atoms with Gasteiger partial charge in [-0.25, -0.2) is 8.78 Å². The number of aromatic nitrogens is 2. The van der Waals surface area contributed by atoms with Gasteiger partial charge >= 0.3 is 0 Å². The van der Waals surface area contributed by atoms with Crippen molar-refractivity contribution in [2.75, 3.05) is 7.05 Å². The highest BCUT2D eigenvalue weighted by Crippen LogP contribution is 2.35. The van der Waals surface area contributed by atoms with Gasteiger partial charge in [0.05, 0.1) is 12.0 Å². The third kappa shape index (κ3) is 3.05. The van der Waals surface area contributed by atoms with Crippen molar-refractivity contribution in [2.24, 2.45) is 0 Å². The van der Waals surface area contributed by atoms with Crippen LogP contribution in [0.1, 0.15) is 17.3 Å². The van der Waals surface area contributed by atoms with Gasteiger partial charge in [0.2, 0.25) is 5.91 Å². The van der Waals surface area contributed by atoms with E-state index in [0.29, 0.717) is 11.3 Å². The Morgan fingerprint density at radius 2 is 2.17 bits per heavy atom. The van der Waals surface area contributed by atoms with Gasteiger partial charge in [-0.15, -0.1) is 0 Å². The molecule has 0 bridgehead atoms. The van der Waals surface area contributed by atoms with E-state index >= 15 is 0 Å². The minimum atomic E-state index is -2.76. The molecule has 3 rings (SSSR count). The van der Waals surface area contributed by atoms with Gasteiger partial charge in [-0.2, -0.15) is 4.98 Å². The Bertz CT molecular complexity index is 758. The van der Waals surface area contributed by atoms with Crippen molar-refractivity contribution >= 4 is 17.6 Å². The number of hydrogen-bond acceptors (Lipinski definition) is 5. The number of ether oxygens (including phenoxy) is 1. The van der Waals surface area contributed by atoms with E-state index in [2.05, 4.69) is 15.5 Å². The molecule has 2 aromatic rings. The Morgan fingerprint density at radius 1 is 1.39 bits per heavy atom. The molecule has 1 aliphatic heterocycles. The van der Waals surface area contributed by atoms with Gasteiger partial charge in [0.25, 0.3) is 12.3 Å². The molecular weight excluding hydrogens is 308 g/mol. The fourth-order valence-corrected chi connectivity index (χ4v) is 2.20. The van der Waals surface area contributed by atoms with E-state index in [1.54, 1.807) is 24.3 Å². The Labute approximate surface area is 130 Å². The predicted octanol–water partition coefficient (Wildman–Crippen LogP) is 1.92. The molecule has 0 radical (unpaired) electrons. The Morgan fingerprint density at radius 3 is 2.91 bits per heavy atom. The van der Waals surface area contributed by atoms with Crippen LogP contribution in [0.5, 0.6) is 5.75 Å². The molecule has 120 valence electrons. The summed E-state index contributed by atoms with van der Waals surface area (Å²) in [7, 11) is 1.48. The molecule has 1 amide bonds. The van der Waals surface area contributed by atoms with E-state index < -0.39 is 12.5 Å². The number of para-hydroxylation sites is 1. The molecule has 1 atom stereocenters. The van der Waals surface area contributed by atoms with Crippen LogP contribution in [0.3, 0.4) is 0 Å². The monoisotopic (exact) mass is 321 g/mol. The number of nitrogens with zero attached hydrogens (tertiary/aromatic N) is 2. The largest absolute Gasteiger partial charge is 0.479 e. The molecule has 1 aliphatic rings. The molecule has 0 fully saturated rings. The standard InChI is InChI=1S/C15H13F2N3O3/c1-18-12(21)7-11-19-15(23-20-11)9-6-8-4-2-3-5-10(8)22-13(9)14(16)17/h2-6,13-14H,7H2,1H3,(H,18,21). The lowest BCUT2D eigenvalue weighted by atomic mass is 10.0. The molecule has 8 heteroatoms. The average molecular weight is 321 g/mol. The van der Waals surface area contributed by atoms with Gasteiger partial charge in [-0.3, -0.25) is 4.79 Å². The number of halogens is 2. The number of likely N-dealkylation sites (N-methyl/N-ethyl adjacent to an activating group) is 1. The summed E-state index contributed by atoms with van der Waals surface area (Å²) in [6.45, 7) is 0. The highest BCUT2D eigenvalue weighted by Gasteiger charge is 2.34. The summed E-state index contributed by atoms with van der Waals surface area (Å²) < 4.78 is 37.0. The van der Waals surface area contributed by atoms with Crippen LogP contribution < -0.4 is 10.1 Å². The minimum absolute atomic E-state index is 0.0799. The van der Waals surface area contributed by atoms with Crippen molar-refractivity contribution in [3.63, 3.8) is 0 Å². The van der Waals surface area contributed by atoms with Crippen LogP contribution >= 0.6 is 0 Å². The molecule has 0 saturated carbocycles. The number of hydrogen-bond donors (Lipinski definition) is 1. The number of nitrogens with one attached hydrogen (secondary N) is 1. The second-order valence-corrected chi connectivity index (χ2v) is 4.88. The van der Waals surface area contributed by atoms with E-state index in [-0.39, 0.29) is 29.6 Å². The van der Waals surface area contributed by atoms with Gasteiger partial charge in [0.1, 0.15) is 5.75 Å². The zero-order valence-corrected chi connectivity index (χ0v) is 12.1. The highest BCUT2D eigenvalue weighted by molar-refractivity contribution is 5.84. The Kier molecular flexibility index (Phi) is 4.05. The van der Waals surface area contributed by atoms with Crippen LogP contribution in [0.15, 0.2) is 28.8 Å². The molecule has 1 N–H and O–H groups in total. The van der Waals surface area contributed by atoms with Crippen molar-refractivity contribution in [3.8, 4) is 5.75 Å². The summed E-state index contributed by atoms with van der Waals surface area (Å²) in [5.41, 5.74) is 0.736. The van der Waals surface area contributed by atoms with E-state index in [4.69, 9.17) is 9.26 Å². The summed E-state index contributed by atoms with van der Waals surface area (Å²) in [5, 5.41) is 6.06. The average Bonchev–Trinajstić information content (AvgIpc) is 3.01. The topological polar surface area (TPSA) is 77.2 Å². The molecule has 1 unspecified atom stereocenters. The normalized spacial score (nSPS) is 16.5. The summed E-state index contributed by atoms with van der Waals surface area (Å²) >= 11 is 0. The van der Waals surface area contributed by atoms with E-state index in [1.807, 2.05) is 0 Å². The molecule has 6 nitrogen and oxygen atoms in total. The van der Waals surface area contributed by atoms with Crippen molar-refractivity contribution < 1.29 is 22.8 Å². The van der Waals surface area contributed by atoms with Gasteiger partial charge < -0.3 is 14.6 Å². The van der Waals surface area contributed by atoms with Crippen LogP contribution in [0.4, 0.5) is 8.78 Å². The zero-order valence-electron chi connectivity index (χ0n) is 12.1. The number of alkyl halides is 2. The Hall–Kier alpha value is -2.77.